The minimum Gasteiger partial charge on any atom is -0.393 e. The third kappa shape index (κ3) is 3.57. The summed E-state index contributed by atoms with van der Waals surface area (Å²) in [5, 5.41) is 14.1. The van der Waals surface area contributed by atoms with Crippen molar-refractivity contribution < 1.29 is 5.11 Å². The number of nitrogens with zero attached hydrogens (tertiary/aromatic N) is 3. The highest BCUT2D eigenvalue weighted by Crippen LogP contribution is 2.23. The smallest absolute Gasteiger partial charge is 0.0931 e. The van der Waals surface area contributed by atoms with E-state index < -0.39 is 0 Å². The lowest BCUT2D eigenvalue weighted by Gasteiger charge is -2.25. The SMILES string of the molecule is Cc1ccc(-c2cnn(CN3CCCC3CC(C)O)c2)cc1. The first-order valence-corrected chi connectivity index (χ1v) is 8.13. The van der Waals surface area contributed by atoms with Gasteiger partial charge in [0.05, 0.1) is 19.0 Å². The highest BCUT2D eigenvalue weighted by Gasteiger charge is 2.25. The predicted octanol–water partition coefficient (Wildman–Crippen LogP) is 3.05. The van der Waals surface area contributed by atoms with Crippen LogP contribution >= 0.6 is 0 Å². The fourth-order valence-electron chi connectivity index (χ4n) is 3.26. The van der Waals surface area contributed by atoms with Crippen molar-refractivity contribution in [1.29, 1.82) is 0 Å². The van der Waals surface area contributed by atoms with Crippen molar-refractivity contribution in [2.24, 2.45) is 0 Å². The van der Waals surface area contributed by atoms with Crippen LogP contribution < -0.4 is 0 Å². The zero-order valence-corrected chi connectivity index (χ0v) is 13.4. The number of hydrogen-bond donors (Lipinski definition) is 1. The highest BCUT2D eigenvalue weighted by molar-refractivity contribution is 5.61. The van der Waals surface area contributed by atoms with Crippen LogP contribution in [0.3, 0.4) is 0 Å². The lowest BCUT2D eigenvalue weighted by Crippen LogP contribution is -2.33. The Balaban J connectivity index is 1.67. The summed E-state index contributed by atoms with van der Waals surface area (Å²) in [7, 11) is 0. The first kappa shape index (κ1) is 15.3. The maximum atomic E-state index is 9.62. The molecule has 4 nitrogen and oxygen atoms in total. The molecule has 2 aromatic rings. The summed E-state index contributed by atoms with van der Waals surface area (Å²) in [6, 6.07) is 9.02. The number of rotatable bonds is 5. The second-order valence-electron chi connectivity index (χ2n) is 6.47. The van der Waals surface area contributed by atoms with Crippen molar-refractivity contribution >= 4 is 0 Å². The van der Waals surface area contributed by atoms with Gasteiger partial charge in [-0.25, -0.2) is 0 Å². The van der Waals surface area contributed by atoms with Gasteiger partial charge in [0.1, 0.15) is 0 Å². The number of aliphatic hydroxyl groups is 1. The van der Waals surface area contributed by atoms with Crippen LogP contribution in [0.5, 0.6) is 0 Å². The van der Waals surface area contributed by atoms with Crippen LogP contribution in [0.4, 0.5) is 0 Å². The second kappa shape index (κ2) is 6.63. The van der Waals surface area contributed by atoms with Gasteiger partial charge in [0.15, 0.2) is 0 Å². The Bertz CT molecular complexity index is 603. The van der Waals surface area contributed by atoms with E-state index in [-0.39, 0.29) is 6.10 Å². The van der Waals surface area contributed by atoms with Crippen LogP contribution in [0.15, 0.2) is 36.7 Å². The average Bonchev–Trinajstić information content (AvgIpc) is 3.10. The van der Waals surface area contributed by atoms with Crippen LogP contribution in [0.2, 0.25) is 0 Å². The number of aryl methyl sites for hydroxylation is 1. The minimum absolute atomic E-state index is 0.230. The van der Waals surface area contributed by atoms with Gasteiger partial charge in [0.2, 0.25) is 0 Å². The van der Waals surface area contributed by atoms with Gasteiger partial charge in [-0.05, 0) is 38.7 Å². The Hall–Kier alpha value is -1.65. The van der Waals surface area contributed by atoms with Crippen LogP contribution in [0.1, 0.15) is 31.7 Å². The number of benzene rings is 1. The first-order valence-electron chi connectivity index (χ1n) is 8.13. The molecule has 1 N–H and O–H groups in total. The zero-order chi connectivity index (χ0) is 15.5. The van der Waals surface area contributed by atoms with Gasteiger partial charge in [0, 0.05) is 24.3 Å². The molecule has 2 heterocycles. The number of likely N-dealkylation sites (tertiary alicyclic amines) is 1. The summed E-state index contributed by atoms with van der Waals surface area (Å²) >= 11 is 0. The molecule has 22 heavy (non-hydrogen) atoms. The Morgan fingerprint density at radius 3 is 2.77 bits per heavy atom. The van der Waals surface area contributed by atoms with Crippen molar-refractivity contribution in [3.8, 4) is 11.1 Å². The topological polar surface area (TPSA) is 41.3 Å². The Labute approximate surface area is 132 Å². The summed E-state index contributed by atoms with van der Waals surface area (Å²) in [5.41, 5.74) is 3.64. The number of hydrogen-bond acceptors (Lipinski definition) is 3. The quantitative estimate of drug-likeness (QED) is 0.922. The molecule has 3 rings (SSSR count). The lowest BCUT2D eigenvalue weighted by molar-refractivity contribution is 0.114. The van der Waals surface area contributed by atoms with E-state index in [1.54, 1.807) is 0 Å². The van der Waals surface area contributed by atoms with Crippen LogP contribution in [0, 0.1) is 6.92 Å². The summed E-state index contributed by atoms with van der Waals surface area (Å²) in [5.74, 6) is 0. The van der Waals surface area contributed by atoms with Crippen LogP contribution in [-0.2, 0) is 6.67 Å². The molecular formula is C18H25N3O. The van der Waals surface area contributed by atoms with E-state index >= 15 is 0 Å². The molecule has 1 saturated heterocycles. The van der Waals surface area contributed by atoms with Crippen molar-refractivity contribution in [3.05, 3.63) is 42.2 Å². The largest absolute Gasteiger partial charge is 0.393 e. The maximum absolute atomic E-state index is 9.62. The third-order valence-corrected chi connectivity index (χ3v) is 4.46. The van der Waals surface area contributed by atoms with Gasteiger partial charge in [-0.3, -0.25) is 9.58 Å². The molecule has 1 fully saturated rings. The summed E-state index contributed by atoms with van der Waals surface area (Å²) < 4.78 is 2.01. The lowest BCUT2D eigenvalue weighted by atomic mass is 10.1. The zero-order valence-electron chi connectivity index (χ0n) is 13.4. The molecule has 1 aromatic heterocycles. The molecule has 4 heteroatoms. The Kier molecular flexibility index (Phi) is 4.60. The van der Waals surface area contributed by atoms with Crippen LogP contribution in [-0.4, -0.2) is 38.5 Å². The molecule has 1 aliphatic rings. The van der Waals surface area contributed by atoms with Gasteiger partial charge in [-0.2, -0.15) is 5.10 Å². The molecule has 0 radical (unpaired) electrons. The third-order valence-electron chi connectivity index (χ3n) is 4.46. The fourth-order valence-corrected chi connectivity index (χ4v) is 3.26. The molecular weight excluding hydrogens is 274 g/mol. The fraction of sp³-hybridized carbons (Fsp3) is 0.500. The Morgan fingerprint density at radius 1 is 1.27 bits per heavy atom. The van der Waals surface area contributed by atoms with Crippen molar-refractivity contribution in [3.63, 3.8) is 0 Å². The van der Waals surface area contributed by atoms with E-state index in [1.165, 1.54) is 24.0 Å². The number of aliphatic hydroxyl groups excluding tert-OH is 1. The monoisotopic (exact) mass is 299 g/mol. The molecule has 0 bridgehead atoms. The highest BCUT2D eigenvalue weighted by atomic mass is 16.3. The van der Waals surface area contributed by atoms with E-state index in [0.29, 0.717) is 6.04 Å². The van der Waals surface area contributed by atoms with Gasteiger partial charge < -0.3 is 5.11 Å². The molecule has 118 valence electrons. The minimum atomic E-state index is -0.230. The van der Waals surface area contributed by atoms with E-state index in [9.17, 15) is 5.11 Å². The maximum Gasteiger partial charge on any atom is 0.0931 e. The van der Waals surface area contributed by atoms with E-state index in [0.717, 1.165) is 25.2 Å². The molecule has 0 amide bonds. The predicted molar refractivity (Wildman–Crippen MR) is 88.4 cm³/mol. The van der Waals surface area contributed by atoms with Gasteiger partial charge in [-0.15, -0.1) is 0 Å². The molecule has 1 aromatic carbocycles. The molecule has 2 atom stereocenters. The van der Waals surface area contributed by atoms with Gasteiger partial charge in [-0.1, -0.05) is 29.8 Å². The second-order valence-corrected chi connectivity index (χ2v) is 6.47. The number of aromatic nitrogens is 2. The molecule has 1 aliphatic heterocycles. The van der Waals surface area contributed by atoms with E-state index in [1.807, 2.05) is 17.8 Å². The van der Waals surface area contributed by atoms with Gasteiger partial charge >= 0.3 is 0 Å². The van der Waals surface area contributed by atoms with E-state index in [4.69, 9.17) is 0 Å². The van der Waals surface area contributed by atoms with Crippen LogP contribution in [0.25, 0.3) is 11.1 Å². The van der Waals surface area contributed by atoms with Crippen molar-refractivity contribution in [1.82, 2.24) is 14.7 Å². The molecule has 0 spiro atoms. The standard InChI is InChI=1S/C18H25N3O/c1-14-5-7-16(8-6-14)17-11-19-21(12-17)13-20-9-3-4-18(20)10-15(2)22/h5-8,11-12,15,18,22H,3-4,9-10,13H2,1-2H3. The van der Waals surface area contributed by atoms with Crippen molar-refractivity contribution in [2.75, 3.05) is 6.54 Å². The summed E-state index contributed by atoms with van der Waals surface area (Å²) in [4.78, 5) is 2.43. The molecule has 0 saturated carbocycles. The summed E-state index contributed by atoms with van der Waals surface area (Å²) in [6.07, 6.45) is 7.06. The van der Waals surface area contributed by atoms with Crippen molar-refractivity contribution in [2.45, 2.75) is 51.9 Å². The molecule has 2 unspecified atom stereocenters. The average molecular weight is 299 g/mol. The normalized spacial score (nSPS) is 20.4. The summed E-state index contributed by atoms with van der Waals surface area (Å²) in [6.45, 7) is 5.88. The van der Waals surface area contributed by atoms with E-state index in [2.05, 4.69) is 47.4 Å². The Morgan fingerprint density at radius 2 is 2.05 bits per heavy atom. The first-order chi connectivity index (χ1) is 10.6. The van der Waals surface area contributed by atoms with Gasteiger partial charge in [0.25, 0.3) is 0 Å². The molecule has 0 aliphatic carbocycles.